The van der Waals surface area contributed by atoms with Gasteiger partial charge in [-0.3, -0.25) is 4.98 Å². The summed E-state index contributed by atoms with van der Waals surface area (Å²) in [7, 11) is 0. The molecule has 2 rings (SSSR count). The number of aromatic nitrogens is 2. The fraction of sp³-hybridized carbons (Fsp3) is 0. The Kier molecular flexibility index (Phi) is 3.07. The predicted octanol–water partition coefficient (Wildman–Crippen LogP) is 3.28. The summed E-state index contributed by atoms with van der Waals surface area (Å²) in [4.78, 5) is 7.88. The van der Waals surface area contributed by atoms with Gasteiger partial charge >= 0.3 is 0 Å². The van der Waals surface area contributed by atoms with E-state index in [9.17, 15) is 4.39 Å². The fourth-order valence-corrected chi connectivity index (χ4v) is 1.56. The SMILES string of the molecule is Nc1c(Cl)cnc(-c2ccc(Br)nc2)c1F. The second kappa shape index (κ2) is 4.35. The minimum atomic E-state index is -0.628. The van der Waals surface area contributed by atoms with Gasteiger partial charge in [-0.05, 0) is 28.1 Å². The van der Waals surface area contributed by atoms with E-state index < -0.39 is 5.82 Å². The first-order valence-electron chi connectivity index (χ1n) is 4.31. The zero-order valence-corrected chi connectivity index (χ0v) is 10.3. The van der Waals surface area contributed by atoms with Crippen molar-refractivity contribution in [2.45, 2.75) is 0 Å². The van der Waals surface area contributed by atoms with Crippen LogP contribution in [0.25, 0.3) is 11.3 Å². The largest absolute Gasteiger partial charge is 0.395 e. The third-order valence-corrected chi connectivity index (χ3v) is 2.78. The Morgan fingerprint density at radius 1 is 1.25 bits per heavy atom. The van der Waals surface area contributed by atoms with Gasteiger partial charge in [0.15, 0.2) is 5.82 Å². The summed E-state index contributed by atoms with van der Waals surface area (Å²) in [5.74, 6) is -0.628. The van der Waals surface area contributed by atoms with Gasteiger partial charge < -0.3 is 5.73 Å². The minimum absolute atomic E-state index is 0.102. The van der Waals surface area contributed by atoms with E-state index in [0.29, 0.717) is 10.2 Å². The molecule has 0 spiro atoms. The van der Waals surface area contributed by atoms with Crippen LogP contribution in [0.5, 0.6) is 0 Å². The molecule has 0 radical (unpaired) electrons. The number of halogens is 3. The summed E-state index contributed by atoms with van der Waals surface area (Å²) < 4.78 is 14.4. The number of hydrogen-bond acceptors (Lipinski definition) is 3. The zero-order chi connectivity index (χ0) is 11.7. The molecule has 0 bridgehead atoms. The number of anilines is 1. The van der Waals surface area contributed by atoms with E-state index in [1.165, 1.54) is 12.4 Å². The first-order valence-corrected chi connectivity index (χ1v) is 5.48. The lowest BCUT2D eigenvalue weighted by Gasteiger charge is -2.05. The van der Waals surface area contributed by atoms with Crippen LogP contribution in [-0.4, -0.2) is 9.97 Å². The molecular weight excluding hydrogens is 296 g/mol. The van der Waals surface area contributed by atoms with Gasteiger partial charge in [0, 0.05) is 18.0 Å². The lowest BCUT2D eigenvalue weighted by molar-refractivity contribution is 0.630. The Morgan fingerprint density at radius 2 is 2.00 bits per heavy atom. The van der Waals surface area contributed by atoms with Crippen molar-refractivity contribution in [1.82, 2.24) is 9.97 Å². The van der Waals surface area contributed by atoms with E-state index >= 15 is 0 Å². The molecule has 3 nitrogen and oxygen atoms in total. The molecule has 2 heterocycles. The molecule has 0 aliphatic heterocycles. The second-order valence-electron chi connectivity index (χ2n) is 3.05. The van der Waals surface area contributed by atoms with Gasteiger partial charge in [-0.2, -0.15) is 0 Å². The molecule has 6 heteroatoms. The minimum Gasteiger partial charge on any atom is -0.395 e. The molecule has 0 aliphatic carbocycles. The van der Waals surface area contributed by atoms with Crippen molar-refractivity contribution in [2.24, 2.45) is 0 Å². The number of hydrogen-bond donors (Lipinski definition) is 1. The van der Waals surface area contributed by atoms with E-state index in [4.69, 9.17) is 17.3 Å². The lowest BCUT2D eigenvalue weighted by atomic mass is 10.2. The Balaban J connectivity index is 2.57. The molecule has 0 saturated carbocycles. The highest BCUT2D eigenvalue weighted by Gasteiger charge is 2.12. The van der Waals surface area contributed by atoms with Crippen LogP contribution in [0.3, 0.4) is 0 Å². The Labute approximate surface area is 105 Å². The number of rotatable bonds is 1. The summed E-state index contributed by atoms with van der Waals surface area (Å²) in [5.41, 5.74) is 6.06. The van der Waals surface area contributed by atoms with Gasteiger partial charge in [0.1, 0.15) is 10.3 Å². The molecular formula is C10H6BrClFN3. The first kappa shape index (κ1) is 11.3. The van der Waals surface area contributed by atoms with E-state index in [2.05, 4.69) is 25.9 Å². The molecule has 0 fully saturated rings. The lowest BCUT2D eigenvalue weighted by Crippen LogP contribution is -1.97. The van der Waals surface area contributed by atoms with Crippen LogP contribution < -0.4 is 5.73 Å². The van der Waals surface area contributed by atoms with Crippen molar-refractivity contribution in [3.8, 4) is 11.3 Å². The van der Waals surface area contributed by atoms with Crippen molar-refractivity contribution < 1.29 is 4.39 Å². The Bertz CT molecular complexity index is 530. The van der Waals surface area contributed by atoms with Crippen LogP contribution in [-0.2, 0) is 0 Å². The van der Waals surface area contributed by atoms with Crippen LogP contribution >= 0.6 is 27.5 Å². The summed E-state index contributed by atoms with van der Waals surface area (Å²) in [5, 5.41) is 0.103. The number of pyridine rings is 2. The van der Waals surface area contributed by atoms with Crippen molar-refractivity contribution in [3.63, 3.8) is 0 Å². The summed E-state index contributed by atoms with van der Waals surface area (Å²) >= 11 is 8.84. The van der Waals surface area contributed by atoms with E-state index in [1.54, 1.807) is 12.1 Å². The van der Waals surface area contributed by atoms with Crippen LogP contribution in [0.2, 0.25) is 5.02 Å². The molecule has 0 saturated heterocycles. The Morgan fingerprint density at radius 3 is 2.62 bits per heavy atom. The van der Waals surface area contributed by atoms with Gasteiger partial charge in [-0.25, -0.2) is 9.37 Å². The highest BCUT2D eigenvalue weighted by atomic mass is 79.9. The van der Waals surface area contributed by atoms with E-state index in [0.717, 1.165) is 0 Å². The second-order valence-corrected chi connectivity index (χ2v) is 4.27. The zero-order valence-electron chi connectivity index (χ0n) is 7.92. The topological polar surface area (TPSA) is 51.8 Å². The smallest absolute Gasteiger partial charge is 0.173 e. The third-order valence-electron chi connectivity index (χ3n) is 2.01. The van der Waals surface area contributed by atoms with Crippen molar-refractivity contribution in [2.75, 3.05) is 5.73 Å². The first-order chi connectivity index (χ1) is 7.59. The maximum absolute atomic E-state index is 13.7. The molecule has 82 valence electrons. The molecule has 2 aromatic heterocycles. The molecule has 0 unspecified atom stereocenters. The van der Waals surface area contributed by atoms with Gasteiger partial charge in [0.2, 0.25) is 0 Å². The summed E-state index contributed by atoms with van der Waals surface area (Å²) in [6, 6.07) is 3.39. The number of nitrogens with zero attached hydrogens (tertiary/aromatic N) is 2. The third kappa shape index (κ3) is 2.01. The van der Waals surface area contributed by atoms with Crippen molar-refractivity contribution in [1.29, 1.82) is 0 Å². The molecule has 0 aliphatic rings. The standard InChI is InChI=1S/C10H6BrClFN3/c11-7-2-1-5(3-15-7)10-8(13)9(14)6(12)4-16-10/h1-4H,(H2,14,16). The highest BCUT2D eigenvalue weighted by molar-refractivity contribution is 9.10. The maximum Gasteiger partial charge on any atom is 0.173 e. The van der Waals surface area contributed by atoms with Gasteiger partial charge in [0.25, 0.3) is 0 Å². The van der Waals surface area contributed by atoms with Crippen LogP contribution in [0.4, 0.5) is 10.1 Å². The molecule has 0 aromatic carbocycles. The van der Waals surface area contributed by atoms with E-state index in [1.807, 2.05) is 0 Å². The fourth-order valence-electron chi connectivity index (χ4n) is 1.20. The quantitative estimate of drug-likeness (QED) is 0.823. The van der Waals surface area contributed by atoms with Gasteiger partial charge in [0.05, 0.1) is 10.7 Å². The monoisotopic (exact) mass is 301 g/mol. The molecule has 2 N–H and O–H groups in total. The van der Waals surface area contributed by atoms with E-state index in [-0.39, 0.29) is 16.4 Å². The number of nitrogen functional groups attached to an aromatic ring is 1. The van der Waals surface area contributed by atoms with Crippen molar-refractivity contribution in [3.05, 3.63) is 40.0 Å². The summed E-state index contributed by atoms with van der Waals surface area (Å²) in [6.07, 6.45) is 2.82. The predicted molar refractivity (Wildman–Crippen MR) is 64.5 cm³/mol. The average molecular weight is 303 g/mol. The normalized spacial score (nSPS) is 10.4. The number of nitrogens with two attached hydrogens (primary N) is 1. The maximum atomic E-state index is 13.7. The highest BCUT2D eigenvalue weighted by Crippen LogP contribution is 2.28. The van der Waals surface area contributed by atoms with Crippen LogP contribution in [0.15, 0.2) is 29.1 Å². The Hall–Kier alpha value is -1.20. The molecule has 0 amide bonds. The van der Waals surface area contributed by atoms with Gasteiger partial charge in [-0.15, -0.1) is 0 Å². The average Bonchev–Trinajstić information content (AvgIpc) is 2.28. The molecule has 16 heavy (non-hydrogen) atoms. The van der Waals surface area contributed by atoms with Gasteiger partial charge in [-0.1, -0.05) is 11.6 Å². The van der Waals surface area contributed by atoms with Crippen LogP contribution in [0, 0.1) is 5.82 Å². The molecule has 2 aromatic rings. The van der Waals surface area contributed by atoms with Crippen LogP contribution in [0.1, 0.15) is 0 Å². The molecule has 0 atom stereocenters. The summed E-state index contributed by atoms with van der Waals surface area (Å²) in [6.45, 7) is 0. The van der Waals surface area contributed by atoms with Crippen molar-refractivity contribution >= 4 is 33.2 Å².